The molecule has 1 heterocycles. The van der Waals surface area contributed by atoms with Crippen molar-refractivity contribution >= 4 is 5.97 Å². The normalized spacial score (nSPS) is 13.9. The number of carbonyl (C=O) groups is 1. The fourth-order valence-electron chi connectivity index (χ4n) is 2.50. The van der Waals surface area contributed by atoms with Gasteiger partial charge in [-0.25, -0.2) is 14.5 Å². The number of nitrogens with zero attached hydrogens (tertiary/aromatic N) is 3. The van der Waals surface area contributed by atoms with Gasteiger partial charge in [0.05, 0.1) is 11.3 Å². The Balaban J connectivity index is 1.48. The van der Waals surface area contributed by atoms with Gasteiger partial charge in [-0.3, -0.25) is 0 Å². The fourth-order valence-corrected chi connectivity index (χ4v) is 2.50. The van der Waals surface area contributed by atoms with Crippen LogP contribution >= 0.6 is 0 Å². The highest BCUT2D eigenvalue weighted by Crippen LogP contribution is 2.24. The predicted molar refractivity (Wildman–Crippen MR) is 95.1 cm³/mol. The summed E-state index contributed by atoms with van der Waals surface area (Å²) in [6.45, 7) is 0. The molecular formula is C19H15F3N4O3. The first kappa shape index (κ1) is 18.9. The monoisotopic (exact) mass is 404 g/mol. The van der Waals surface area contributed by atoms with E-state index in [0.29, 0.717) is 22.6 Å². The van der Waals surface area contributed by atoms with Crippen LogP contribution in [0.5, 0.6) is 5.75 Å². The maximum absolute atomic E-state index is 12.2. The van der Waals surface area contributed by atoms with Crippen molar-refractivity contribution in [1.29, 1.82) is 0 Å². The molecule has 3 aromatic rings. The molecule has 1 aromatic heterocycles. The van der Waals surface area contributed by atoms with Crippen LogP contribution in [0.25, 0.3) is 17.1 Å². The Morgan fingerprint density at radius 1 is 1.14 bits per heavy atom. The quantitative estimate of drug-likeness (QED) is 0.632. The third-order valence-electron chi connectivity index (χ3n) is 4.08. The van der Waals surface area contributed by atoms with Gasteiger partial charge in [0.1, 0.15) is 12.1 Å². The van der Waals surface area contributed by atoms with Crippen molar-refractivity contribution < 1.29 is 27.5 Å². The van der Waals surface area contributed by atoms with E-state index in [9.17, 15) is 18.0 Å². The largest absolute Gasteiger partial charge is 0.573 e. The van der Waals surface area contributed by atoms with Gasteiger partial charge in [-0.15, -0.1) is 23.8 Å². The van der Waals surface area contributed by atoms with Gasteiger partial charge in [0.25, 0.3) is 0 Å². The van der Waals surface area contributed by atoms with Gasteiger partial charge in [0.15, 0.2) is 5.82 Å². The zero-order chi connectivity index (χ0) is 20.4. The maximum Gasteiger partial charge on any atom is 0.573 e. The molecule has 29 heavy (non-hydrogen) atoms. The van der Waals surface area contributed by atoms with Crippen LogP contribution in [0.4, 0.5) is 13.2 Å². The molecule has 0 atom stereocenters. The van der Waals surface area contributed by atoms with Crippen LogP contribution in [-0.4, -0.2) is 33.1 Å². The highest BCUT2D eigenvalue weighted by Gasteiger charge is 2.31. The Kier molecular flexibility index (Phi) is 4.93. The number of hydrogen-bond donors (Lipinski definition) is 1. The lowest BCUT2D eigenvalue weighted by Crippen LogP contribution is -2.21. The number of aromatic nitrogens is 3. The molecule has 0 amide bonds. The standard InChI is InChI=1S/C19H15F3N4O3/c20-19(21,22)28-16-8-6-15(7-9-16)26-11-23-17(24-26)12-2-1-3-13(10-12)18(27)29-25-14-4-5-14/h1-3,6-11,14,25H,4-5H2. The van der Waals surface area contributed by atoms with E-state index >= 15 is 0 Å². The Bertz CT molecular complexity index is 1010. The number of hydrogen-bond acceptors (Lipinski definition) is 6. The van der Waals surface area contributed by atoms with Crippen molar-refractivity contribution in [2.45, 2.75) is 25.2 Å². The zero-order valence-corrected chi connectivity index (χ0v) is 14.9. The van der Waals surface area contributed by atoms with E-state index in [0.717, 1.165) is 12.8 Å². The number of benzene rings is 2. The molecular weight excluding hydrogens is 389 g/mol. The average molecular weight is 404 g/mol. The molecule has 0 bridgehead atoms. The summed E-state index contributed by atoms with van der Waals surface area (Å²) in [5, 5.41) is 4.31. The molecule has 0 spiro atoms. The van der Waals surface area contributed by atoms with Crippen molar-refractivity contribution in [2.24, 2.45) is 0 Å². The van der Waals surface area contributed by atoms with E-state index < -0.39 is 12.3 Å². The van der Waals surface area contributed by atoms with Crippen LogP contribution in [0.3, 0.4) is 0 Å². The third kappa shape index (κ3) is 4.91. The van der Waals surface area contributed by atoms with Crippen LogP contribution in [0.2, 0.25) is 0 Å². The maximum atomic E-state index is 12.2. The van der Waals surface area contributed by atoms with Gasteiger partial charge in [0.2, 0.25) is 0 Å². The second-order valence-corrected chi connectivity index (χ2v) is 6.42. The molecule has 1 N–H and O–H groups in total. The Labute approximate surface area is 163 Å². The molecule has 2 aromatic carbocycles. The summed E-state index contributed by atoms with van der Waals surface area (Å²) >= 11 is 0. The minimum atomic E-state index is -4.75. The van der Waals surface area contributed by atoms with Crippen molar-refractivity contribution in [3.63, 3.8) is 0 Å². The van der Waals surface area contributed by atoms with E-state index in [2.05, 4.69) is 20.3 Å². The van der Waals surface area contributed by atoms with Gasteiger partial charge < -0.3 is 9.57 Å². The van der Waals surface area contributed by atoms with Gasteiger partial charge in [-0.05, 0) is 49.2 Å². The smallest absolute Gasteiger partial charge is 0.406 e. The van der Waals surface area contributed by atoms with Crippen molar-refractivity contribution in [1.82, 2.24) is 20.2 Å². The van der Waals surface area contributed by atoms with E-state index in [1.807, 2.05) is 0 Å². The number of halogens is 3. The highest BCUT2D eigenvalue weighted by atomic mass is 19.4. The van der Waals surface area contributed by atoms with Crippen molar-refractivity contribution in [3.8, 4) is 22.8 Å². The van der Waals surface area contributed by atoms with E-state index in [1.165, 1.54) is 35.3 Å². The number of hydroxylamine groups is 1. The second kappa shape index (κ2) is 7.55. The summed E-state index contributed by atoms with van der Waals surface area (Å²) in [6, 6.07) is 12.1. The van der Waals surface area contributed by atoms with Crippen LogP contribution < -0.4 is 10.2 Å². The molecule has 1 aliphatic carbocycles. The topological polar surface area (TPSA) is 78.3 Å². The number of carbonyl (C=O) groups excluding carboxylic acids is 1. The first-order chi connectivity index (χ1) is 13.9. The molecule has 10 heteroatoms. The van der Waals surface area contributed by atoms with Crippen LogP contribution in [0.1, 0.15) is 23.2 Å². The number of alkyl halides is 3. The lowest BCUT2D eigenvalue weighted by molar-refractivity contribution is -0.274. The van der Waals surface area contributed by atoms with Gasteiger partial charge in [-0.2, -0.15) is 0 Å². The lowest BCUT2D eigenvalue weighted by atomic mass is 10.1. The summed E-state index contributed by atoms with van der Waals surface area (Å²) in [7, 11) is 0. The van der Waals surface area contributed by atoms with Crippen LogP contribution in [-0.2, 0) is 4.84 Å². The number of rotatable bonds is 6. The Hall–Kier alpha value is -3.40. The van der Waals surface area contributed by atoms with Crippen LogP contribution in [0, 0.1) is 0 Å². The minimum absolute atomic E-state index is 0.229. The van der Waals surface area contributed by atoms with Crippen molar-refractivity contribution in [3.05, 3.63) is 60.4 Å². The summed E-state index contributed by atoms with van der Waals surface area (Å²) in [4.78, 5) is 21.3. The zero-order valence-electron chi connectivity index (χ0n) is 14.9. The van der Waals surface area contributed by atoms with Gasteiger partial charge in [0, 0.05) is 11.6 Å². The molecule has 0 unspecified atom stereocenters. The molecule has 1 saturated carbocycles. The molecule has 0 saturated heterocycles. The summed E-state index contributed by atoms with van der Waals surface area (Å²) in [5.41, 5.74) is 4.14. The Morgan fingerprint density at radius 3 is 2.59 bits per heavy atom. The van der Waals surface area contributed by atoms with Gasteiger partial charge >= 0.3 is 12.3 Å². The van der Waals surface area contributed by atoms with Gasteiger partial charge in [-0.1, -0.05) is 12.1 Å². The molecule has 1 aliphatic rings. The molecule has 7 nitrogen and oxygen atoms in total. The molecule has 150 valence electrons. The van der Waals surface area contributed by atoms with E-state index in [-0.39, 0.29) is 11.8 Å². The SMILES string of the molecule is O=C(ONC1CC1)c1cccc(-c2ncn(-c3ccc(OC(F)(F)F)cc3)n2)c1. The summed E-state index contributed by atoms with van der Waals surface area (Å²) in [5.74, 6) is -0.475. The summed E-state index contributed by atoms with van der Waals surface area (Å²) < 4.78 is 42.0. The predicted octanol–water partition coefficient (Wildman–Crippen LogP) is 3.66. The molecule has 1 fully saturated rings. The molecule has 0 aliphatic heterocycles. The lowest BCUT2D eigenvalue weighted by Gasteiger charge is -2.09. The number of ether oxygens (including phenoxy) is 1. The molecule has 4 rings (SSSR count). The summed E-state index contributed by atoms with van der Waals surface area (Å²) in [6.07, 6.45) is -1.35. The first-order valence-electron chi connectivity index (χ1n) is 8.72. The highest BCUT2D eigenvalue weighted by molar-refractivity contribution is 5.90. The first-order valence-corrected chi connectivity index (χ1v) is 8.72. The Morgan fingerprint density at radius 2 is 1.90 bits per heavy atom. The molecule has 0 radical (unpaired) electrons. The van der Waals surface area contributed by atoms with E-state index in [4.69, 9.17) is 4.84 Å². The fraction of sp³-hybridized carbons (Fsp3) is 0.211. The second-order valence-electron chi connectivity index (χ2n) is 6.42. The minimum Gasteiger partial charge on any atom is -0.406 e. The average Bonchev–Trinajstić information content (AvgIpc) is 3.39. The van der Waals surface area contributed by atoms with E-state index in [1.54, 1.807) is 24.3 Å². The number of nitrogens with one attached hydrogen (secondary N) is 1. The van der Waals surface area contributed by atoms with Crippen molar-refractivity contribution in [2.75, 3.05) is 0 Å². The van der Waals surface area contributed by atoms with Crippen LogP contribution in [0.15, 0.2) is 54.9 Å². The third-order valence-corrected chi connectivity index (χ3v) is 4.08.